The van der Waals surface area contributed by atoms with Crippen molar-refractivity contribution in [1.29, 1.82) is 0 Å². The molecule has 0 atom stereocenters. The normalized spacial score (nSPS) is 15.1. The Morgan fingerprint density at radius 2 is 0.947 bits per heavy atom. The van der Waals surface area contributed by atoms with Crippen LogP contribution in [-0.2, 0) is 0 Å². The molecular weight excluding hydrogens is 547 g/mol. The summed E-state index contributed by atoms with van der Waals surface area (Å²) >= 11 is 0. The van der Waals surface area contributed by atoms with E-state index in [4.69, 9.17) is 0 Å². The minimum atomic E-state index is -0.724. The Hall–Kier alpha value is -5.26. The molecule has 16 heteroatoms. The monoisotopic (exact) mass is 558 g/mol. The van der Waals surface area contributed by atoms with Gasteiger partial charge >= 0.3 is 11.4 Å². The van der Waals surface area contributed by atoms with Crippen molar-refractivity contribution in [3.05, 3.63) is 137 Å². The number of non-ortho nitro benzene ring substituents is 2. The lowest BCUT2D eigenvalue weighted by atomic mass is 10.0. The molecule has 0 spiro atoms. The number of nitro benzene ring substituents is 4. The summed E-state index contributed by atoms with van der Waals surface area (Å²) < 4.78 is 0. The molecule has 0 bridgehead atoms. The molecule has 2 heterocycles. The van der Waals surface area contributed by atoms with Gasteiger partial charge in [0.05, 0.1) is 31.8 Å². The third kappa shape index (κ3) is 5.75. The topological polar surface area (TPSA) is 179 Å². The Morgan fingerprint density at radius 1 is 0.579 bits per heavy atom. The molecule has 0 saturated carbocycles. The van der Waals surface area contributed by atoms with Gasteiger partial charge in [-0.3, -0.25) is 40.5 Å². The molecule has 0 radical (unpaired) electrons. The van der Waals surface area contributed by atoms with Crippen molar-refractivity contribution < 1.29 is 44.5 Å². The third-order valence-electron chi connectivity index (χ3n) is 5.11. The minimum absolute atomic E-state index is 0. The lowest BCUT2D eigenvalue weighted by Crippen LogP contribution is -3.00. The molecule has 0 unspecified atom stereocenters. The number of halogens is 2. The summed E-state index contributed by atoms with van der Waals surface area (Å²) in [7, 11) is 0. The molecule has 2 aromatic rings. The minimum Gasteiger partial charge on any atom is -1.00 e. The van der Waals surface area contributed by atoms with Gasteiger partial charge in [-0.15, -0.1) is 0 Å². The number of allylic oxidation sites excluding steroid dienone is 6. The summed E-state index contributed by atoms with van der Waals surface area (Å²) in [6, 6.07) is 6.54. The molecule has 4 rings (SSSR count). The molecule has 2 aliphatic rings. The molecule has 0 aromatic heterocycles. The zero-order valence-corrected chi connectivity index (χ0v) is 20.1. The first-order chi connectivity index (χ1) is 17.2. The van der Waals surface area contributed by atoms with Crippen LogP contribution in [0.3, 0.4) is 0 Å². The Kier molecular flexibility index (Phi) is 8.88. The van der Waals surface area contributed by atoms with Crippen LogP contribution >= 0.6 is 0 Å². The van der Waals surface area contributed by atoms with Gasteiger partial charge in [0.15, 0.2) is 0 Å². The fourth-order valence-corrected chi connectivity index (χ4v) is 3.38. The van der Waals surface area contributed by atoms with Crippen molar-refractivity contribution in [1.82, 2.24) is 0 Å². The highest BCUT2D eigenvalue weighted by molar-refractivity contribution is 5.72. The van der Waals surface area contributed by atoms with Gasteiger partial charge in [-0.05, 0) is 0 Å². The first kappa shape index (κ1) is 29.0. The third-order valence-corrected chi connectivity index (χ3v) is 5.11. The van der Waals surface area contributed by atoms with Gasteiger partial charge in [0.2, 0.25) is 11.4 Å². The Balaban J connectivity index is 0.00000253. The first-order valence-corrected chi connectivity index (χ1v) is 9.89. The van der Waals surface area contributed by atoms with E-state index in [0.717, 1.165) is 24.3 Å². The molecule has 192 valence electrons. The van der Waals surface area contributed by atoms with E-state index in [2.05, 4.69) is 12.4 Å². The second kappa shape index (κ2) is 11.6. The quantitative estimate of drug-likeness (QED) is 0.233. The van der Waals surface area contributed by atoms with E-state index >= 15 is 0 Å². The SMILES string of the molecule is O=[N+]([O-])c1ccc(N2[C+]=CC(=C3C=[C+]N(c4ccc([N+](=O)[O-])cc4[N+](=O)[O-])C=C3)C=C2)c([N+](=O)[O-])c1.[Cl-].[Cl-]. The lowest BCUT2D eigenvalue weighted by Gasteiger charge is -2.10. The fourth-order valence-electron chi connectivity index (χ4n) is 3.38. The highest BCUT2D eigenvalue weighted by atomic mass is 35.5. The van der Waals surface area contributed by atoms with Crippen LogP contribution < -0.4 is 34.6 Å². The molecule has 0 fully saturated rings. The zero-order chi connectivity index (χ0) is 26.0. The van der Waals surface area contributed by atoms with E-state index < -0.39 is 42.4 Å². The van der Waals surface area contributed by atoms with Gasteiger partial charge in [-0.2, -0.15) is 9.80 Å². The fraction of sp³-hybridized carbons (Fsp3) is 0. The van der Waals surface area contributed by atoms with Crippen LogP contribution in [0.25, 0.3) is 0 Å². The van der Waals surface area contributed by atoms with Crippen molar-refractivity contribution in [3.63, 3.8) is 0 Å². The van der Waals surface area contributed by atoms with Crippen LogP contribution in [0.4, 0.5) is 34.1 Å². The number of anilines is 2. The number of nitro groups is 4. The van der Waals surface area contributed by atoms with Crippen molar-refractivity contribution in [2.75, 3.05) is 9.80 Å². The van der Waals surface area contributed by atoms with Crippen LogP contribution in [0.1, 0.15) is 0 Å². The molecule has 0 amide bonds. The first-order valence-electron chi connectivity index (χ1n) is 9.89. The Bertz CT molecular complexity index is 1340. The van der Waals surface area contributed by atoms with Gasteiger partial charge in [0, 0.05) is 24.3 Å². The maximum atomic E-state index is 11.4. The van der Waals surface area contributed by atoms with Gasteiger partial charge in [0.25, 0.3) is 11.4 Å². The summed E-state index contributed by atoms with van der Waals surface area (Å²) in [5.41, 5.74) is -0.308. The molecule has 14 nitrogen and oxygen atoms in total. The largest absolute Gasteiger partial charge is 1.00 e. The van der Waals surface area contributed by atoms with Crippen LogP contribution in [0.5, 0.6) is 0 Å². The molecule has 2 aromatic carbocycles. The van der Waals surface area contributed by atoms with Gasteiger partial charge in [0.1, 0.15) is 60.2 Å². The highest BCUT2D eigenvalue weighted by Crippen LogP contribution is 2.35. The highest BCUT2D eigenvalue weighted by Gasteiger charge is 2.31. The number of rotatable bonds is 6. The van der Waals surface area contributed by atoms with Crippen molar-refractivity contribution in [3.8, 4) is 0 Å². The predicted molar refractivity (Wildman–Crippen MR) is 125 cm³/mol. The van der Waals surface area contributed by atoms with E-state index in [1.54, 1.807) is 12.2 Å². The average molecular weight is 559 g/mol. The second-order valence-corrected chi connectivity index (χ2v) is 7.20. The maximum Gasteiger partial charge on any atom is 0.341 e. The summed E-state index contributed by atoms with van der Waals surface area (Å²) in [6.07, 6.45) is 15.0. The zero-order valence-electron chi connectivity index (χ0n) is 18.6. The van der Waals surface area contributed by atoms with E-state index in [1.807, 2.05) is 0 Å². The summed E-state index contributed by atoms with van der Waals surface area (Å²) in [5.74, 6) is 0. The van der Waals surface area contributed by atoms with Crippen molar-refractivity contribution >= 4 is 34.1 Å². The molecule has 0 N–H and O–H groups in total. The van der Waals surface area contributed by atoms with E-state index in [0.29, 0.717) is 11.1 Å². The van der Waals surface area contributed by atoms with Crippen molar-refractivity contribution in [2.24, 2.45) is 0 Å². The molecule has 0 aliphatic carbocycles. The van der Waals surface area contributed by atoms with E-state index in [-0.39, 0.29) is 36.2 Å². The van der Waals surface area contributed by atoms with Gasteiger partial charge in [-0.1, -0.05) is 0 Å². The van der Waals surface area contributed by atoms with Gasteiger partial charge in [-0.25, -0.2) is 0 Å². The van der Waals surface area contributed by atoms with Crippen molar-refractivity contribution in [2.45, 2.75) is 0 Å². The predicted octanol–water partition coefficient (Wildman–Crippen LogP) is -1.37. The number of nitrogens with zero attached hydrogens (tertiary/aromatic N) is 6. The maximum absolute atomic E-state index is 11.4. The second-order valence-electron chi connectivity index (χ2n) is 7.20. The van der Waals surface area contributed by atoms with Crippen LogP contribution in [0, 0.1) is 52.9 Å². The van der Waals surface area contributed by atoms with Crippen LogP contribution in [-0.4, -0.2) is 19.7 Å². The van der Waals surface area contributed by atoms with E-state index in [9.17, 15) is 40.5 Å². The molecule has 38 heavy (non-hydrogen) atoms. The summed E-state index contributed by atoms with van der Waals surface area (Å²) in [6.45, 7) is 0. The van der Waals surface area contributed by atoms with Crippen LogP contribution in [0.2, 0.25) is 0 Å². The number of benzene rings is 2. The van der Waals surface area contributed by atoms with E-state index in [1.165, 1.54) is 46.5 Å². The summed E-state index contributed by atoms with van der Waals surface area (Å²) in [5, 5.41) is 44.7. The Morgan fingerprint density at radius 3 is 1.21 bits per heavy atom. The van der Waals surface area contributed by atoms with Crippen LogP contribution in [0.15, 0.2) is 84.2 Å². The number of hydrogen-bond donors (Lipinski definition) is 0. The average Bonchev–Trinajstić information content (AvgIpc) is 2.88. The smallest absolute Gasteiger partial charge is 0.341 e. The molecule has 0 saturated heterocycles. The lowest BCUT2D eigenvalue weighted by molar-refractivity contribution is -0.393. The Labute approximate surface area is 225 Å². The molecular formula is C22H12Cl2N6O8. The summed E-state index contributed by atoms with van der Waals surface area (Å²) in [4.78, 5) is 44.4. The number of hydrogen-bond acceptors (Lipinski definition) is 10. The standard InChI is InChI=1S/C22H12N6O8.2ClH/c29-25(30)17-1-3-19(21(13-17)27(33)34)23-9-5-15(6-10-23)16-7-11-24(12-8-16)20-4-2-18(26(31)32)14-22(20)28(35)36;;/h1-9,11,13-14H;2*1H/q+2;;/p-2. The molecule has 2 aliphatic heterocycles. The van der Waals surface area contributed by atoms with Gasteiger partial charge < -0.3 is 24.8 Å².